The molecular weight excluding hydrogens is 547 g/mol. The highest BCUT2D eigenvalue weighted by molar-refractivity contribution is 7.20. The number of morpholine rings is 1. The highest BCUT2D eigenvalue weighted by atomic mass is 32.1. The Hall–Kier alpha value is -4.31. The van der Waals surface area contributed by atoms with Crippen LogP contribution in [-0.4, -0.2) is 70.9 Å². The van der Waals surface area contributed by atoms with Crippen LogP contribution >= 0.6 is 11.3 Å². The first-order valence-corrected chi connectivity index (χ1v) is 14.0. The fraction of sp³-hybridized carbons (Fsp3) is 0.310. The monoisotopic (exact) mass is 574 g/mol. The number of amides is 1. The minimum absolute atomic E-state index is 0.0703. The van der Waals surface area contributed by atoms with E-state index in [1.54, 1.807) is 29.3 Å². The maximum atomic E-state index is 13.4. The summed E-state index contributed by atoms with van der Waals surface area (Å²) in [5.74, 6) is 7.27. The van der Waals surface area contributed by atoms with Crippen molar-refractivity contribution in [2.45, 2.75) is 25.2 Å². The van der Waals surface area contributed by atoms with Gasteiger partial charge >= 0.3 is 6.09 Å². The largest absolute Gasteiger partial charge is 0.473 e. The number of benzene rings is 1. The smallest absolute Gasteiger partial charge is 0.410 e. The van der Waals surface area contributed by atoms with Crippen molar-refractivity contribution < 1.29 is 23.4 Å². The number of fused-ring (bicyclic) bond motifs is 1. The highest BCUT2D eigenvalue weighted by Gasteiger charge is 2.28. The van der Waals surface area contributed by atoms with Crippen LogP contribution in [0.25, 0.3) is 10.2 Å². The van der Waals surface area contributed by atoms with Gasteiger partial charge in [0.1, 0.15) is 24.9 Å². The second-order valence-electron chi connectivity index (χ2n) is 9.55. The van der Waals surface area contributed by atoms with Crippen LogP contribution in [0.2, 0.25) is 0 Å². The van der Waals surface area contributed by atoms with E-state index < -0.39 is 0 Å². The Bertz CT molecular complexity index is 1580. The minimum Gasteiger partial charge on any atom is -0.473 e. The standard InChI is InChI=1S/C29H27FN6O4S/c30-20-3-1-2-19(12-20)17-39-26-7-5-22(15-32-26)35-28-27-25(33-18-34-28)14-24(41-27)6-4-21-13-23(16-31-21)40-29(37)36-8-10-38-11-9-36/h1-3,5,7,12,14-15,18,21,23,31H,8-11,13,16-17H2,(H,33,34,35). The van der Waals surface area contributed by atoms with Gasteiger partial charge in [-0.1, -0.05) is 24.0 Å². The first-order valence-electron chi connectivity index (χ1n) is 13.2. The molecule has 0 bridgehead atoms. The molecule has 1 amide bonds. The van der Waals surface area contributed by atoms with Crippen LogP contribution in [0, 0.1) is 17.7 Å². The molecule has 2 atom stereocenters. The summed E-state index contributed by atoms with van der Waals surface area (Å²) in [4.78, 5) is 28.0. The number of halogens is 1. The predicted octanol–water partition coefficient (Wildman–Crippen LogP) is 4.10. The zero-order valence-corrected chi connectivity index (χ0v) is 22.8. The predicted molar refractivity (Wildman–Crippen MR) is 152 cm³/mol. The average molecular weight is 575 g/mol. The second-order valence-corrected chi connectivity index (χ2v) is 10.6. The number of pyridine rings is 1. The first-order chi connectivity index (χ1) is 20.1. The Morgan fingerprint density at radius 2 is 2.10 bits per heavy atom. The molecule has 2 saturated heterocycles. The fourth-order valence-electron chi connectivity index (χ4n) is 4.49. The fourth-order valence-corrected chi connectivity index (χ4v) is 5.41. The molecule has 210 valence electrons. The van der Waals surface area contributed by atoms with E-state index in [1.807, 2.05) is 12.1 Å². The van der Waals surface area contributed by atoms with Crippen molar-refractivity contribution in [2.24, 2.45) is 0 Å². The van der Waals surface area contributed by atoms with Gasteiger partial charge in [0.25, 0.3) is 0 Å². The first kappa shape index (κ1) is 26.9. The van der Waals surface area contributed by atoms with Crippen LogP contribution in [0.5, 0.6) is 5.88 Å². The van der Waals surface area contributed by atoms with E-state index in [4.69, 9.17) is 14.2 Å². The SMILES string of the molecule is O=C(OC1CNC(C#Cc2cc3ncnc(Nc4ccc(OCc5cccc(F)c5)nc4)c3s2)C1)N1CCOCC1. The van der Waals surface area contributed by atoms with Gasteiger partial charge in [-0.3, -0.25) is 5.32 Å². The van der Waals surface area contributed by atoms with Gasteiger partial charge in [0.15, 0.2) is 5.82 Å². The van der Waals surface area contributed by atoms with E-state index in [-0.39, 0.29) is 30.7 Å². The lowest BCUT2D eigenvalue weighted by Gasteiger charge is -2.27. The summed E-state index contributed by atoms with van der Waals surface area (Å²) >= 11 is 1.50. The third-order valence-electron chi connectivity index (χ3n) is 6.58. The van der Waals surface area contributed by atoms with Gasteiger partial charge in [-0.15, -0.1) is 11.3 Å². The third kappa shape index (κ3) is 6.89. The van der Waals surface area contributed by atoms with Crippen molar-refractivity contribution in [3.05, 3.63) is 71.2 Å². The number of aromatic nitrogens is 3. The summed E-state index contributed by atoms with van der Waals surface area (Å²) in [6.07, 6.45) is 3.29. The quantitative estimate of drug-likeness (QED) is 0.329. The molecule has 2 N–H and O–H groups in total. The molecule has 4 aromatic rings. The second kappa shape index (κ2) is 12.5. The van der Waals surface area contributed by atoms with E-state index in [9.17, 15) is 9.18 Å². The number of carbonyl (C=O) groups is 1. The van der Waals surface area contributed by atoms with Crippen LogP contribution in [-0.2, 0) is 16.1 Å². The molecule has 6 rings (SSSR count). The van der Waals surface area contributed by atoms with Crippen LogP contribution in [0.3, 0.4) is 0 Å². The molecule has 2 unspecified atom stereocenters. The number of carbonyl (C=O) groups excluding carboxylic acids is 1. The number of thiophene rings is 1. The molecule has 0 spiro atoms. The zero-order chi connectivity index (χ0) is 28.0. The van der Waals surface area contributed by atoms with E-state index in [1.165, 1.54) is 29.8 Å². The lowest BCUT2D eigenvalue weighted by molar-refractivity contribution is 0.0156. The minimum atomic E-state index is -0.302. The number of rotatable bonds is 6. The van der Waals surface area contributed by atoms with Crippen LogP contribution in [0.4, 0.5) is 20.7 Å². The Balaban J connectivity index is 1.05. The number of hydrogen-bond acceptors (Lipinski definition) is 10. The van der Waals surface area contributed by atoms with E-state index in [2.05, 4.69) is 37.4 Å². The molecule has 41 heavy (non-hydrogen) atoms. The topological polar surface area (TPSA) is 111 Å². The van der Waals surface area contributed by atoms with Gasteiger partial charge in [0.05, 0.1) is 46.2 Å². The molecule has 0 radical (unpaired) electrons. The molecule has 10 nitrogen and oxygen atoms in total. The summed E-state index contributed by atoms with van der Waals surface area (Å²) in [6.45, 7) is 2.99. The van der Waals surface area contributed by atoms with Crippen molar-refractivity contribution in [2.75, 3.05) is 38.2 Å². The highest BCUT2D eigenvalue weighted by Crippen LogP contribution is 2.30. The molecule has 2 fully saturated rings. The lowest BCUT2D eigenvalue weighted by atomic mass is 10.2. The van der Waals surface area contributed by atoms with Gasteiger partial charge in [-0.05, 0) is 29.8 Å². The van der Waals surface area contributed by atoms with Crippen LogP contribution in [0.15, 0.2) is 55.0 Å². The molecule has 3 aromatic heterocycles. The summed E-state index contributed by atoms with van der Waals surface area (Å²) in [5.41, 5.74) is 2.25. The van der Waals surface area contributed by atoms with Crippen molar-refractivity contribution in [1.82, 2.24) is 25.2 Å². The Morgan fingerprint density at radius 1 is 1.20 bits per heavy atom. The molecule has 1 aromatic carbocycles. The summed E-state index contributed by atoms with van der Waals surface area (Å²) in [6, 6.07) is 11.7. The molecule has 0 aliphatic carbocycles. The normalized spacial score (nSPS) is 18.5. The van der Waals surface area contributed by atoms with E-state index in [0.717, 1.165) is 26.3 Å². The summed E-state index contributed by atoms with van der Waals surface area (Å²) in [7, 11) is 0. The molecule has 2 aliphatic rings. The van der Waals surface area contributed by atoms with Gasteiger partial charge < -0.3 is 24.4 Å². The molecule has 2 aliphatic heterocycles. The number of hydrogen-bond donors (Lipinski definition) is 2. The van der Waals surface area contributed by atoms with Crippen molar-refractivity contribution in [3.63, 3.8) is 0 Å². The Labute approximate surface area is 239 Å². The van der Waals surface area contributed by atoms with E-state index >= 15 is 0 Å². The van der Waals surface area contributed by atoms with Crippen LogP contribution in [0.1, 0.15) is 16.9 Å². The van der Waals surface area contributed by atoms with Crippen molar-refractivity contribution in [1.29, 1.82) is 0 Å². The summed E-state index contributed by atoms with van der Waals surface area (Å²) in [5, 5.41) is 6.61. The van der Waals surface area contributed by atoms with Crippen LogP contribution < -0.4 is 15.4 Å². The third-order valence-corrected chi connectivity index (χ3v) is 7.63. The molecule has 12 heteroatoms. The zero-order valence-electron chi connectivity index (χ0n) is 22.0. The number of nitrogens with zero attached hydrogens (tertiary/aromatic N) is 4. The number of nitrogens with one attached hydrogen (secondary N) is 2. The van der Waals surface area contributed by atoms with E-state index in [0.29, 0.717) is 51.0 Å². The molecular formula is C29H27FN6O4S. The van der Waals surface area contributed by atoms with Gasteiger partial charge in [0.2, 0.25) is 5.88 Å². The lowest BCUT2D eigenvalue weighted by Crippen LogP contribution is -2.42. The van der Waals surface area contributed by atoms with Gasteiger partial charge in [-0.2, -0.15) is 0 Å². The maximum Gasteiger partial charge on any atom is 0.410 e. The van der Waals surface area contributed by atoms with Crippen molar-refractivity contribution in [3.8, 4) is 17.7 Å². The Kier molecular flexibility index (Phi) is 8.18. The number of ether oxygens (including phenoxy) is 3. The average Bonchev–Trinajstić information content (AvgIpc) is 3.63. The Morgan fingerprint density at radius 3 is 2.93 bits per heavy atom. The summed E-state index contributed by atoms with van der Waals surface area (Å²) < 4.78 is 30.8. The molecule has 5 heterocycles. The number of anilines is 2. The van der Waals surface area contributed by atoms with Crippen molar-refractivity contribution >= 4 is 39.2 Å². The maximum absolute atomic E-state index is 13.4. The molecule has 0 saturated carbocycles. The van der Waals surface area contributed by atoms with Gasteiger partial charge in [-0.25, -0.2) is 24.1 Å². The van der Waals surface area contributed by atoms with Gasteiger partial charge in [0, 0.05) is 32.1 Å².